The molecule has 6 heteroatoms. The molecule has 1 aromatic heterocycles. The lowest BCUT2D eigenvalue weighted by molar-refractivity contribution is 0.102. The molecule has 0 atom stereocenters. The van der Waals surface area contributed by atoms with Crippen LogP contribution in [0.3, 0.4) is 0 Å². The van der Waals surface area contributed by atoms with Crippen LogP contribution in [0.25, 0.3) is 0 Å². The molecule has 0 bridgehead atoms. The lowest BCUT2D eigenvalue weighted by atomic mass is 10.1. The average Bonchev–Trinajstić information content (AvgIpc) is 2.65. The minimum Gasteiger partial charge on any atom is -0.383 e. The van der Waals surface area contributed by atoms with E-state index in [2.05, 4.69) is 40.4 Å². The van der Waals surface area contributed by atoms with Gasteiger partial charge in [0.15, 0.2) is 0 Å². The van der Waals surface area contributed by atoms with Crippen LogP contribution in [0, 0.1) is 6.92 Å². The molecular formula is C20H28N4O2. The molecule has 2 rings (SSSR count). The molecular weight excluding hydrogens is 328 g/mol. The van der Waals surface area contributed by atoms with Gasteiger partial charge < -0.3 is 20.3 Å². The van der Waals surface area contributed by atoms with Crippen molar-refractivity contribution < 1.29 is 9.53 Å². The molecule has 26 heavy (non-hydrogen) atoms. The molecule has 0 radical (unpaired) electrons. The predicted octanol–water partition coefficient (Wildman–Crippen LogP) is 3.55. The predicted molar refractivity (Wildman–Crippen MR) is 107 cm³/mol. The first-order valence-corrected chi connectivity index (χ1v) is 8.94. The second-order valence-corrected chi connectivity index (χ2v) is 5.97. The number of methoxy groups -OCH3 is 1. The molecule has 0 fully saturated rings. The van der Waals surface area contributed by atoms with Gasteiger partial charge in [-0.05, 0) is 56.7 Å². The van der Waals surface area contributed by atoms with Crippen LogP contribution in [0.4, 0.5) is 17.2 Å². The van der Waals surface area contributed by atoms with Gasteiger partial charge in [0.1, 0.15) is 5.82 Å². The van der Waals surface area contributed by atoms with E-state index in [-0.39, 0.29) is 5.91 Å². The number of carbonyl (C=O) groups is 1. The number of nitrogens with zero attached hydrogens (tertiary/aromatic N) is 2. The number of hydrogen-bond acceptors (Lipinski definition) is 5. The molecule has 0 aliphatic rings. The van der Waals surface area contributed by atoms with Crippen LogP contribution in [-0.4, -0.2) is 44.2 Å². The molecule has 0 saturated heterocycles. The van der Waals surface area contributed by atoms with Crippen LogP contribution in [0.5, 0.6) is 0 Å². The zero-order valence-electron chi connectivity index (χ0n) is 16.0. The van der Waals surface area contributed by atoms with Crippen molar-refractivity contribution in [1.29, 1.82) is 0 Å². The maximum Gasteiger partial charge on any atom is 0.255 e. The Morgan fingerprint density at radius 1 is 1.19 bits per heavy atom. The molecule has 0 aliphatic heterocycles. The number of ether oxygens (including phenoxy) is 1. The fourth-order valence-corrected chi connectivity index (χ4v) is 2.72. The Kier molecular flexibility index (Phi) is 7.41. The van der Waals surface area contributed by atoms with E-state index in [1.807, 2.05) is 19.1 Å². The molecule has 1 heterocycles. The topological polar surface area (TPSA) is 66.5 Å². The van der Waals surface area contributed by atoms with Gasteiger partial charge in [-0.25, -0.2) is 4.98 Å². The number of carbonyl (C=O) groups excluding carboxylic acids is 1. The van der Waals surface area contributed by atoms with E-state index >= 15 is 0 Å². The average molecular weight is 356 g/mol. The number of aromatic nitrogens is 1. The van der Waals surface area contributed by atoms with Crippen molar-refractivity contribution in [1.82, 2.24) is 4.98 Å². The summed E-state index contributed by atoms with van der Waals surface area (Å²) in [5, 5.41) is 6.11. The van der Waals surface area contributed by atoms with E-state index in [0.717, 1.165) is 24.3 Å². The Morgan fingerprint density at radius 2 is 1.96 bits per heavy atom. The quantitative estimate of drug-likeness (QED) is 0.673. The molecule has 1 amide bonds. The maximum absolute atomic E-state index is 12.6. The summed E-state index contributed by atoms with van der Waals surface area (Å²) in [6.45, 7) is 9.41. The fraction of sp³-hybridized carbons (Fsp3) is 0.400. The van der Waals surface area contributed by atoms with Gasteiger partial charge in [-0.1, -0.05) is 0 Å². The Hall–Kier alpha value is -2.60. The zero-order valence-corrected chi connectivity index (χ0v) is 16.0. The number of hydrogen-bond donors (Lipinski definition) is 2. The van der Waals surface area contributed by atoms with Gasteiger partial charge in [0, 0.05) is 49.9 Å². The van der Waals surface area contributed by atoms with E-state index in [4.69, 9.17) is 4.74 Å². The first-order chi connectivity index (χ1) is 12.6. The zero-order chi connectivity index (χ0) is 18.9. The number of nitrogens with one attached hydrogen (secondary N) is 2. The van der Waals surface area contributed by atoms with Gasteiger partial charge in [0.05, 0.1) is 6.61 Å². The van der Waals surface area contributed by atoms with Crippen molar-refractivity contribution >= 4 is 23.1 Å². The van der Waals surface area contributed by atoms with Crippen LogP contribution in [0.15, 0.2) is 36.5 Å². The summed E-state index contributed by atoms with van der Waals surface area (Å²) in [5.74, 6) is 0.504. The van der Waals surface area contributed by atoms with Crippen LogP contribution in [0.1, 0.15) is 29.8 Å². The molecule has 2 N–H and O–H groups in total. The number of anilines is 3. The third-order valence-electron chi connectivity index (χ3n) is 4.22. The normalized spacial score (nSPS) is 10.5. The van der Waals surface area contributed by atoms with Gasteiger partial charge in [-0.15, -0.1) is 0 Å². The SMILES string of the molecule is CCN(CC)c1ccc(NC(=O)c2ccnc(NCCOC)c2)c(C)c1. The maximum atomic E-state index is 12.6. The number of benzene rings is 1. The van der Waals surface area contributed by atoms with Gasteiger partial charge >= 0.3 is 0 Å². The summed E-state index contributed by atoms with van der Waals surface area (Å²) in [6, 6.07) is 9.55. The van der Waals surface area contributed by atoms with Crippen LogP contribution in [0.2, 0.25) is 0 Å². The van der Waals surface area contributed by atoms with Gasteiger partial charge in [0.25, 0.3) is 5.91 Å². The summed E-state index contributed by atoms with van der Waals surface area (Å²) in [7, 11) is 1.65. The second-order valence-electron chi connectivity index (χ2n) is 5.97. The second kappa shape index (κ2) is 9.77. The highest BCUT2D eigenvalue weighted by atomic mass is 16.5. The molecule has 0 spiro atoms. The van der Waals surface area contributed by atoms with E-state index in [9.17, 15) is 4.79 Å². The Balaban J connectivity index is 2.08. The Morgan fingerprint density at radius 3 is 2.62 bits per heavy atom. The third kappa shape index (κ3) is 5.20. The Bertz CT molecular complexity index is 730. The fourth-order valence-electron chi connectivity index (χ4n) is 2.72. The number of aryl methyl sites for hydroxylation is 1. The van der Waals surface area contributed by atoms with Crippen LogP contribution >= 0.6 is 0 Å². The van der Waals surface area contributed by atoms with Crippen molar-refractivity contribution in [3.63, 3.8) is 0 Å². The third-order valence-corrected chi connectivity index (χ3v) is 4.22. The number of amides is 1. The first-order valence-electron chi connectivity index (χ1n) is 8.94. The molecule has 0 unspecified atom stereocenters. The molecule has 1 aromatic carbocycles. The molecule has 140 valence electrons. The van der Waals surface area contributed by atoms with E-state index in [1.165, 1.54) is 5.69 Å². The van der Waals surface area contributed by atoms with Gasteiger partial charge in [0.2, 0.25) is 0 Å². The van der Waals surface area contributed by atoms with Crippen LogP contribution < -0.4 is 15.5 Å². The highest BCUT2D eigenvalue weighted by Crippen LogP contribution is 2.23. The van der Waals surface area contributed by atoms with Gasteiger partial charge in [-0.2, -0.15) is 0 Å². The van der Waals surface area contributed by atoms with Crippen molar-refractivity contribution in [2.24, 2.45) is 0 Å². The van der Waals surface area contributed by atoms with Crippen molar-refractivity contribution in [3.8, 4) is 0 Å². The molecule has 0 saturated carbocycles. The van der Waals surface area contributed by atoms with Crippen molar-refractivity contribution in [2.75, 3.05) is 48.9 Å². The van der Waals surface area contributed by atoms with E-state index < -0.39 is 0 Å². The standard InChI is InChI=1S/C20H28N4O2/c1-5-24(6-2)17-7-8-18(15(3)13-17)23-20(25)16-9-10-21-19(14-16)22-11-12-26-4/h7-10,13-14H,5-6,11-12H2,1-4H3,(H,21,22)(H,23,25). The minimum atomic E-state index is -0.152. The lowest BCUT2D eigenvalue weighted by Crippen LogP contribution is -2.22. The first kappa shape index (κ1) is 19.7. The Labute approximate surface area is 155 Å². The van der Waals surface area contributed by atoms with Gasteiger partial charge in [-0.3, -0.25) is 4.79 Å². The highest BCUT2D eigenvalue weighted by Gasteiger charge is 2.10. The highest BCUT2D eigenvalue weighted by molar-refractivity contribution is 6.05. The largest absolute Gasteiger partial charge is 0.383 e. The molecule has 6 nitrogen and oxygen atoms in total. The summed E-state index contributed by atoms with van der Waals surface area (Å²) in [4.78, 5) is 19.1. The summed E-state index contributed by atoms with van der Waals surface area (Å²) >= 11 is 0. The summed E-state index contributed by atoms with van der Waals surface area (Å²) in [6.07, 6.45) is 1.63. The summed E-state index contributed by atoms with van der Waals surface area (Å²) < 4.78 is 5.00. The van der Waals surface area contributed by atoms with Crippen LogP contribution in [-0.2, 0) is 4.74 Å². The summed E-state index contributed by atoms with van der Waals surface area (Å²) in [5.41, 5.74) is 3.58. The van der Waals surface area contributed by atoms with Crippen molar-refractivity contribution in [3.05, 3.63) is 47.7 Å². The van der Waals surface area contributed by atoms with E-state index in [1.54, 1.807) is 25.4 Å². The molecule has 2 aromatic rings. The number of pyridine rings is 1. The monoisotopic (exact) mass is 356 g/mol. The van der Waals surface area contributed by atoms with Crippen molar-refractivity contribution in [2.45, 2.75) is 20.8 Å². The number of rotatable bonds is 9. The van der Waals surface area contributed by atoms with E-state index in [0.29, 0.717) is 24.5 Å². The minimum absolute atomic E-state index is 0.152. The lowest BCUT2D eigenvalue weighted by Gasteiger charge is -2.22. The molecule has 0 aliphatic carbocycles. The smallest absolute Gasteiger partial charge is 0.255 e.